The van der Waals surface area contributed by atoms with Crippen molar-refractivity contribution in [3.05, 3.63) is 41.6 Å². The second-order valence-corrected chi connectivity index (χ2v) is 5.91. The number of rotatable bonds is 5. The van der Waals surface area contributed by atoms with Crippen LogP contribution in [-0.2, 0) is 12.3 Å². The van der Waals surface area contributed by atoms with Crippen molar-refractivity contribution < 1.29 is 0 Å². The van der Waals surface area contributed by atoms with E-state index in [0.29, 0.717) is 6.54 Å². The molecule has 0 radical (unpaired) electrons. The van der Waals surface area contributed by atoms with E-state index in [4.69, 9.17) is 5.73 Å². The predicted molar refractivity (Wildman–Crippen MR) is 83.3 cm³/mol. The van der Waals surface area contributed by atoms with Crippen LogP contribution in [0.4, 0.5) is 0 Å². The van der Waals surface area contributed by atoms with Gasteiger partial charge in [-0.1, -0.05) is 17.8 Å². The first kappa shape index (κ1) is 14.1. The summed E-state index contributed by atoms with van der Waals surface area (Å²) in [6.45, 7) is 5.35. The van der Waals surface area contributed by atoms with Crippen LogP contribution in [0.15, 0.2) is 29.7 Å². The average molecular weight is 302 g/mol. The molecule has 0 aromatic carbocycles. The fourth-order valence-corrected chi connectivity index (χ4v) is 3.11. The number of hydrogen-bond acceptors (Lipinski definition) is 5. The minimum absolute atomic E-state index is 0.583. The van der Waals surface area contributed by atoms with Crippen LogP contribution in [0.3, 0.4) is 0 Å². The highest BCUT2D eigenvalue weighted by Gasteiger charge is 2.10. The molecule has 3 aromatic rings. The van der Waals surface area contributed by atoms with Crippen molar-refractivity contribution in [3.8, 4) is 0 Å². The zero-order valence-corrected chi connectivity index (χ0v) is 13.0. The second kappa shape index (κ2) is 5.87. The zero-order valence-electron chi connectivity index (χ0n) is 12.2. The molecule has 0 aliphatic rings. The number of nitrogens with two attached hydrogens (primary N) is 1. The van der Waals surface area contributed by atoms with Crippen LogP contribution in [0.5, 0.6) is 0 Å². The van der Waals surface area contributed by atoms with Gasteiger partial charge in [0.15, 0.2) is 5.16 Å². The first-order valence-corrected chi connectivity index (χ1v) is 7.83. The van der Waals surface area contributed by atoms with Gasteiger partial charge >= 0.3 is 0 Å². The Balaban J connectivity index is 1.77. The van der Waals surface area contributed by atoms with Gasteiger partial charge in [0.1, 0.15) is 11.5 Å². The maximum atomic E-state index is 5.63. The number of pyridine rings is 1. The number of thioether (sulfide) groups is 1. The molecule has 0 aliphatic carbocycles. The molecule has 0 spiro atoms. The lowest BCUT2D eigenvalue weighted by Gasteiger charge is -2.05. The Bertz CT molecular complexity index is 760. The van der Waals surface area contributed by atoms with Gasteiger partial charge in [-0.05, 0) is 25.5 Å². The van der Waals surface area contributed by atoms with E-state index in [2.05, 4.69) is 45.0 Å². The molecule has 0 saturated carbocycles. The minimum Gasteiger partial charge on any atom is -0.329 e. The fourth-order valence-electron chi connectivity index (χ4n) is 2.22. The fraction of sp³-hybridized carbons (Fsp3) is 0.357. The van der Waals surface area contributed by atoms with Crippen LogP contribution in [-0.4, -0.2) is 30.7 Å². The summed E-state index contributed by atoms with van der Waals surface area (Å²) in [5.41, 5.74) is 8.85. The normalized spacial score (nSPS) is 11.4. The van der Waals surface area contributed by atoms with Gasteiger partial charge in [-0.3, -0.25) is 0 Å². The van der Waals surface area contributed by atoms with E-state index in [1.54, 1.807) is 11.8 Å². The number of nitrogens with zero attached hydrogens (tertiary/aromatic N) is 5. The monoisotopic (exact) mass is 302 g/mol. The lowest BCUT2D eigenvalue weighted by molar-refractivity contribution is 0.627. The summed E-state index contributed by atoms with van der Waals surface area (Å²) in [5, 5.41) is 9.21. The Labute approximate surface area is 127 Å². The summed E-state index contributed by atoms with van der Waals surface area (Å²) in [5.74, 6) is 1.66. The van der Waals surface area contributed by atoms with Crippen molar-refractivity contribution in [1.29, 1.82) is 0 Å². The molecule has 0 saturated heterocycles. The second-order valence-electron chi connectivity index (χ2n) is 4.96. The molecule has 2 N–H and O–H groups in total. The van der Waals surface area contributed by atoms with Gasteiger partial charge in [0, 0.05) is 31.2 Å². The molecule has 21 heavy (non-hydrogen) atoms. The number of aromatic nitrogens is 5. The van der Waals surface area contributed by atoms with E-state index < -0.39 is 0 Å². The van der Waals surface area contributed by atoms with Crippen molar-refractivity contribution >= 4 is 17.4 Å². The Kier molecular flexibility index (Phi) is 3.94. The molecule has 0 unspecified atom stereocenters. The molecule has 0 aliphatic heterocycles. The van der Waals surface area contributed by atoms with E-state index in [1.165, 1.54) is 5.56 Å². The lowest BCUT2D eigenvalue weighted by atomic mass is 10.3. The van der Waals surface area contributed by atoms with Gasteiger partial charge in [0.2, 0.25) is 0 Å². The maximum Gasteiger partial charge on any atom is 0.191 e. The summed E-state index contributed by atoms with van der Waals surface area (Å²) < 4.78 is 4.10. The molecule has 3 aromatic heterocycles. The van der Waals surface area contributed by atoms with Gasteiger partial charge in [-0.25, -0.2) is 4.98 Å². The van der Waals surface area contributed by atoms with Crippen LogP contribution in [0, 0.1) is 13.8 Å². The smallest absolute Gasteiger partial charge is 0.191 e. The number of fused-ring (bicyclic) bond motifs is 1. The molecule has 110 valence electrons. The summed E-state index contributed by atoms with van der Waals surface area (Å²) in [4.78, 5) is 4.61. The lowest BCUT2D eigenvalue weighted by Crippen LogP contribution is -2.12. The van der Waals surface area contributed by atoms with E-state index in [0.717, 1.165) is 34.6 Å². The zero-order chi connectivity index (χ0) is 14.8. The van der Waals surface area contributed by atoms with Crippen molar-refractivity contribution in [1.82, 2.24) is 24.1 Å². The highest BCUT2D eigenvalue weighted by atomic mass is 32.2. The molecule has 3 rings (SSSR count). The number of imidazole rings is 1. The van der Waals surface area contributed by atoms with Gasteiger partial charge < -0.3 is 14.7 Å². The first-order chi connectivity index (χ1) is 10.2. The van der Waals surface area contributed by atoms with Gasteiger partial charge in [-0.15, -0.1) is 10.2 Å². The van der Waals surface area contributed by atoms with Crippen molar-refractivity contribution in [3.63, 3.8) is 0 Å². The minimum atomic E-state index is 0.583. The molecular formula is C14H18N6S. The van der Waals surface area contributed by atoms with Gasteiger partial charge in [0.05, 0.1) is 5.69 Å². The Hall–Kier alpha value is -1.86. The van der Waals surface area contributed by atoms with E-state index in [9.17, 15) is 0 Å². The third kappa shape index (κ3) is 2.93. The summed E-state index contributed by atoms with van der Waals surface area (Å²) in [6, 6.07) is 4.10. The topological polar surface area (TPSA) is 74.0 Å². The number of aryl methyl sites for hydroxylation is 2. The molecule has 7 heteroatoms. The number of hydrogen-bond donors (Lipinski definition) is 1. The van der Waals surface area contributed by atoms with Crippen molar-refractivity contribution in [2.75, 3.05) is 6.54 Å². The summed E-state index contributed by atoms with van der Waals surface area (Å²) in [7, 11) is 0. The van der Waals surface area contributed by atoms with Gasteiger partial charge in [0.25, 0.3) is 0 Å². The van der Waals surface area contributed by atoms with Crippen LogP contribution >= 0.6 is 11.8 Å². The summed E-state index contributed by atoms with van der Waals surface area (Å²) in [6.07, 6.45) is 4.14. The Morgan fingerprint density at radius 3 is 2.86 bits per heavy atom. The first-order valence-electron chi connectivity index (χ1n) is 6.84. The Morgan fingerprint density at radius 2 is 2.05 bits per heavy atom. The average Bonchev–Trinajstić information content (AvgIpc) is 3.01. The third-order valence-corrected chi connectivity index (χ3v) is 4.25. The SMILES string of the molecule is Cc1ccc2nc(CSc3nnc(C)n3CCN)cn2c1. The Morgan fingerprint density at radius 1 is 1.19 bits per heavy atom. The largest absolute Gasteiger partial charge is 0.329 e. The molecule has 6 nitrogen and oxygen atoms in total. The summed E-state index contributed by atoms with van der Waals surface area (Å²) >= 11 is 1.64. The maximum absolute atomic E-state index is 5.63. The third-order valence-electron chi connectivity index (χ3n) is 3.25. The van der Waals surface area contributed by atoms with Gasteiger partial charge in [-0.2, -0.15) is 0 Å². The molecule has 0 amide bonds. The molecule has 0 fully saturated rings. The highest BCUT2D eigenvalue weighted by molar-refractivity contribution is 7.98. The van der Waals surface area contributed by atoms with E-state index in [-0.39, 0.29) is 0 Å². The molecular weight excluding hydrogens is 284 g/mol. The van der Waals surface area contributed by atoms with Crippen LogP contribution < -0.4 is 5.73 Å². The van der Waals surface area contributed by atoms with Crippen molar-refractivity contribution in [2.45, 2.75) is 31.3 Å². The quantitative estimate of drug-likeness (QED) is 0.727. The van der Waals surface area contributed by atoms with E-state index in [1.807, 2.05) is 17.6 Å². The van der Waals surface area contributed by atoms with Crippen LogP contribution in [0.1, 0.15) is 17.1 Å². The predicted octanol–water partition coefficient (Wildman–Crippen LogP) is 1.79. The van der Waals surface area contributed by atoms with Crippen LogP contribution in [0.25, 0.3) is 5.65 Å². The van der Waals surface area contributed by atoms with E-state index >= 15 is 0 Å². The van der Waals surface area contributed by atoms with Crippen LogP contribution in [0.2, 0.25) is 0 Å². The standard InChI is InChI=1S/C14H18N6S/c1-10-3-4-13-16-12(8-19(13)7-10)9-21-14-18-17-11(2)20(14)6-5-15/h3-4,7-8H,5-6,9,15H2,1-2H3. The van der Waals surface area contributed by atoms with Crippen molar-refractivity contribution in [2.24, 2.45) is 5.73 Å². The highest BCUT2D eigenvalue weighted by Crippen LogP contribution is 2.21. The molecule has 3 heterocycles. The molecule has 0 bridgehead atoms. The molecule has 0 atom stereocenters.